The van der Waals surface area contributed by atoms with Crippen LogP contribution in [0.15, 0.2) is 48.5 Å². The van der Waals surface area contributed by atoms with E-state index in [1.807, 2.05) is 12.1 Å². The van der Waals surface area contributed by atoms with Crippen LogP contribution in [0.4, 0.5) is 0 Å². The minimum Gasteiger partial charge on any atom is -0.508 e. The Hall–Kier alpha value is -2.53. The third-order valence-corrected chi connectivity index (χ3v) is 4.54. The van der Waals surface area contributed by atoms with E-state index in [1.165, 1.54) is 12.1 Å². The molecule has 2 aromatic carbocycles. The first-order chi connectivity index (χ1) is 12.0. The van der Waals surface area contributed by atoms with E-state index in [-0.39, 0.29) is 17.6 Å². The second-order valence-corrected chi connectivity index (χ2v) is 6.49. The van der Waals surface area contributed by atoms with Crippen LogP contribution < -0.4 is 5.32 Å². The van der Waals surface area contributed by atoms with E-state index in [4.69, 9.17) is 11.6 Å². The summed E-state index contributed by atoms with van der Waals surface area (Å²) in [5.74, 6) is -0.366. The molecular formula is C19H19ClN2O3. The molecule has 1 aliphatic heterocycles. The van der Waals surface area contributed by atoms with Crippen LogP contribution in [0, 0.1) is 0 Å². The molecule has 0 bridgehead atoms. The maximum absolute atomic E-state index is 12.6. The van der Waals surface area contributed by atoms with E-state index >= 15 is 0 Å². The highest BCUT2D eigenvalue weighted by atomic mass is 35.5. The summed E-state index contributed by atoms with van der Waals surface area (Å²) in [5, 5.41) is 13.1. The van der Waals surface area contributed by atoms with Gasteiger partial charge in [0.2, 0.25) is 5.91 Å². The fraction of sp³-hybridized carbons (Fsp3) is 0.263. The highest BCUT2D eigenvalue weighted by Gasteiger charge is 2.34. The van der Waals surface area contributed by atoms with Gasteiger partial charge in [-0.05, 0) is 48.7 Å². The van der Waals surface area contributed by atoms with Gasteiger partial charge in [0.05, 0.1) is 0 Å². The molecule has 5 nitrogen and oxygen atoms in total. The number of hydrogen-bond acceptors (Lipinski definition) is 3. The molecule has 1 heterocycles. The number of phenolic OH excluding ortho intramolecular Hbond substituents is 1. The third kappa shape index (κ3) is 4.12. The summed E-state index contributed by atoms with van der Waals surface area (Å²) in [6, 6.07) is 13.0. The molecule has 1 unspecified atom stereocenters. The molecule has 0 aliphatic carbocycles. The van der Waals surface area contributed by atoms with Crippen molar-refractivity contribution < 1.29 is 14.7 Å². The van der Waals surface area contributed by atoms with Crippen molar-refractivity contribution in [1.82, 2.24) is 10.2 Å². The monoisotopic (exact) mass is 358 g/mol. The number of hydrogen-bond donors (Lipinski definition) is 2. The smallest absolute Gasteiger partial charge is 0.254 e. The predicted octanol–water partition coefficient (Wildman–Crippen LogP) is 2.97. The molecule has 130 valence electrons. The van der Waals surface area contributed by atoms with Crippen LogP contribution in [-0.4, -0.2) is 34.4 Å². The molecule has 0 saturated carbocycles. The van der Waals surface area contributed by atoms with Crippen LogP contribution in [0.1, 0.15) is 28.8 Å². The molecule has 1 saturated heterocycles. The van der Waals surface area contributed by atoms with Crippen molar-refractivity contribution in [2.75, 3.05) is 6.54 Å². The molecular weight excluding hydrogens is 340 g/mol. The van der Waals surface area contributed by atoms with Gasteiger partial charge in [-0.15, -0.1) is 0 Å². The Morgan fingerprint density at radius 1 is 1.20 bits per heavy atom. The fourth-order valence-corrected chi connectivity index (χ4v) is 3.12. The largest absolute Gasteiger partial charge is 0.508 e. The minimum atomic E-state index is -0.484. The molecule has 0 aromatic heterocycles. The highest BCUT2D eigenvalue weighted by molar-refractivity contribution is 6.30. The van der Waals surface area contributed by atoms with E-state index < -0.39 is 6.04 Å². The lowest BCUT2D eigenvalue weighted by molar-refractivity contribution is -0.125. The molecule has 2 N–H and O–H groups in total. The van der Waals surface area contributed by atoms with Crippen molar-refractivity contribution >= 4 is 23.4 Å². The Morgan fingerprint density at radius 2 is 1.96 bits per heavy atom. The zero-order chi connectivity index (χ0) is 17.8. The van der Waals surface area contributed by atoms with Gasteiger partial charge in [-0.2, -0.15) is 0 Å². The number of nitrogens with zero attached hydrogens (tertiary/aromatic N) is 1. The van der Waals surface area contributed by atoms with E-state index in [0.29, 0.717) is 30.1 Å². The molecule has 1 atom stereocenters. The second-order valence-electron chi connectivity index (χ2n) is 6.05. The summed E-state index contributed by atoms with van der Waals surface area (Å²) in [6.07, 6.45) is 1.42. The minimum absolute atomic E-state index is 0.0359. The number of amides is 2. The van der Waals surface area contributed by atoms with Gasteiger partial charge in [-0.1, -0.05) is 29.8 Å². The number of halogens is 1. The normalized spacial score (nSPS) is 16.7. The van der Waals surface area contributed by atoms with E-state index in [1.54, 1.807) is 29.2 Å². The van der Waals surface area contributed by atoms with Crippen LogP contribution in [0.2, 0.25) is 5.02 Å². The summed E-state index contributed by atoms with van der Waals surface area (Å²) < 4.78 is 0. The molecule has 2 aromatic rings. The van der Waals surface area contributed by atoms with Crippen molar-refractivity contribution in [2.45, 2.75) is 25.4 Å². The topological polar surface area (TPSA) is 69.6 Å². The zero-order valence-electron chi connectivity index (χ0n) is 13.6. The Morgan fingerprint density at radius 3 is 2.68 bits per heavy atom. The third-order valence-electron chi connectivity index (χ3n) is 4.29. The molecule has 3 rings (SSSR count). The molecule has 1 aliphatic rings. The van der Waals surface area contributed by atoms with Crippen molar-refractivity contribution in [3.8, 4) is 5.75 Å². The van der Waals surface area contributed by atoms with Gasteiger partial charge in [0.1, 0.15) is 11.8 Å². The van der Waals surface area contributed by atoms with E-state index in [0.717, 1.165) is 12.0 Å². The summed E-state index contributed by atoms with van der Waals surface area (Å²) in [7, 11) is 0. The molecule has 0 radical (unpaired) electrons. The number of nitrogens with one attached hydrogen (secondary N) is 1. The van der Waals surface area contributed by atoms with Crippen molar-refractivity contribution in [3.63, 3.8) is 0 Å². The molecule has 25 heavy (non-hydrogen) atoms. The molecule has 6 heteroatoms. The maximum Gasteiger partial charge on any atom is 0.254 e. The van der Waals surface area contributed by atoms with Crippen molar-refractivity contribution in [2.24, 2.45) is 0 Å². The Bertz CT molecular complexity index is 776. The summed E-state index contributed by atoms with van der Waals surface area (Å²) in [5.41, 5.74) is 1.33. The Balaban J connectivity index is 1.65. The second kappa shape index (κ2) is 7.57. The first-order valence-electron chi connectivity index (χ1n) is 8.17. The molecule has 1 fully saturated rings. The van der Waals surface area contributed by atoms with Crippen LogP contribution in [-0.2, 0) is 11.3 Å². The SMILES string of the molecule is O=C(NCc1ccc(Cl)cc1)C1CCCN1C(=O)c1cccc(O)c1. The lowest BCUT2D eigenvalue weighted by Crippen LogP contribution is -2.45. The number of rotatable bonds is 4. The van der Waals surface area contributed by atoms with Gasteiger partial charge in [0.15, 0.2) is 0 Å². The van der Waals surface area contributed by atoms with Crippen LogP contribution in [0.5, 0.6) is 5.75 Å². The fourth-order valence-electron chi connectivity index (χ4n) is 3.00. The first kappa shape index (κ1) is 17.3. The van der Waals surface area contributed by atoms with Gasteiger partial charge >= 0.3 is 0 Å². The number of aromatic hydroxyl groups is 1. The lowest BCUT2D eigenvalue weighted by atomic mass is 10.1. The number of likely N-dealkylation sites (tertiary alicyclic amines) is 1. The molecule has 2 amide bonds. The summed E-state index contributed by atoms with van der Waals surface area (Å²) in [6.45, 7) is 0.925. The van der Waals surface area contributed by atoms with Crippen LogP contribution >= 0.6 is 11.6 Å². The summed E-state index contributed by atoms with van der Waals surface area (Å²) >= 11 is 5.85. The quantitative estimate of drug-likeness (QED) is 0.882. The average molecular weight is 359 g/mol. The maximum atomic E-state index is 12.6. The standard InChI is InChI=1S/C19H19ClN2O3/c20-15-8-6-13(7-9-15)12-21-18(24)17-5-2-10-22(17)19(25)14-3-1-4-16(23)11-14/h1,3-4,6-9,11,17,23H,2,5,10,12H2,(H,21,24). The Labute approximate surface area is 151 Å². The highest BCUT2D eigenvalue weighted by Crippen LogP contribution is 2.22. The number of phenols is 1. The van der Waals surface area contributed by atoms with Gasteiger partial charge in [-0.25, -0.2) is 0 Å². The number of carbonyl (C=O) groups excluding carboxylic acids is 2. The lowest BCUT2D eigenvalue weighted by Gasteiger charge is -2.24. The van der Waals surface area contributed by atoms with Gasteiger partial charge in [0.25, 0.3) is 5.91 Å². The van der Waals surface area contributed by atoms with Crippen LogP contribution in [0.3, 0.4) is 0 Å². The number of carbonyl (C=O) groups is 2. The average Bonchev–Trinajstić information content (AvgIpc) is 3.10. The molecule has 0 spiro atoms. The van der Waals surface area contributed by atoms with Crippen molar-refractivity contribution in [3.05, 3.63) is 64.7 Å². The van der Waals surface area contributed by atoms with E-state index in [9.17, 15) is 14.7 Å². The van der Waals surface area contributed by atoms with Gasteiger partial charge in [-0.3, -0.25) is 9.59 Å². The predicted molar refractivity (Wildman–Crippen MR) is 95.5 cm³/mol. The van der Waals surface area contributed by atoms with Gasteiger partial charge in [0, 0.05) is 23.7 Å². The van der Waals surface area contributed by atoms with Crippen molar-refractivity contribution in [1.29, 1.82) is 0 Å². The Kier molecular flexibility index (Phi) is 5.24. The van der Waals surface area contributed by atoms with E-state index in [2.05, 4.69) is 5.32 Å². The first-order valence-corrected chi connectivity index (χ1v) is 8.54. The van der Waals surface area contributed by atoms with Crippen LogP contribution in [0.25, 0.3) is 0 Å². The number of benzene rings is 2. The summed E-state index contributed by atoms with van der Waals surface area (Å²) in [4.78, 5) is 26.7. The van der Waals surface area contributed by atoms with Gasteiger partial charge < -0.3 is 15.3 Å². The zero-order valence-corrected chi connectivity index (χ0v) is 14.4.